The Bertz CT molecular complexity index is 393. The second-order valence-electron chi connectivity index (χ2n) is 3.08. The van der Waals surface area contributed by atoms with Gasteiger partial charge in [-0.1, -0.05) is 13.3 Å². The van der Waals surface area contributed by atoms with Crippen LogP contribution < -0.4 is 0 Å². The largest absolute Gasteiger partial charge is 0.286 e. The molecule has 4 heteroatoms. The van der Waals surface area contributed by atoms with Gasteiger partial charge in [-0.05, 0) is 12.8 Å². The molecule has 4 nitrogen and oxygen atoms in total. The molecule has 0 aromatic carbocycles. The maximum atomic E-state index is 4.29. The molecule has 0 aliphatic heterocycles. The Morgan fingerprint density at radius 1 is 1.46 bits per heavy atom. The first-order valence-electron chi connectivity index (χ1n) is 4.54. The summed E-state index contributed by atoms with van der Waals surface area (Å²) in [5.74, 6) is 0. The Labute approximate surface area is 76.6 Å². The van der Waals surface area contributed by atoms with E-state index in [-0.39, 0.29) is 0 Å². The van der Waals surface area contributed by atoms with Gasteiger partial charge in [0.1, 0.15) is 6.33 Å². The molecule has 0 N–H and O–H groups in total. The van der Waals surface area contributed by atoms with E-state index in [1.807, 2.05) is 10.6 Å². The van der Waals surface area contributed by atoms with Crippen molar-refractivity contribution in [2.45, 2.75) is 26.2 Å². The molecule has 13 heavy (non-hydrogen) atoms. The minimum Gasteiger partial charge on any atom is -0.286 e. The highest BCUT2D eigenvalue weighted by molar-refractivity contribution is 5.32. The molecule has 2 aromatic rings. The third-order valence-corrected chi connectivity index (χ3v) is 2.02. The lowest BCUT2D eigenvalue weighted by molar-refractivity contribution is 0.770. The van der Waals surface area contributed by atoms with E-state index < -0.39 is 0 Å². The van der Waals surface area contributed by atoms with Crippen molar-refractivity contribution < 1.29 is 0 Å². The van der Waals surface area contributed by atoms with Gasteiger partial charge in [-0.25, -0.2) is 0 Å². The van der Waals surface area contributed by atoms with Crippen molar-refractivity contribution in [2.24, 2.45) is 0 Å². The van der Waals surface area contributed by atoms with Gasteiger partial charge in [-0.3, -0.25) is 9.38 Å². The average molecular weight is 176 g/mol. The van der Waals surface area contributed by atoms with Gasteiger partial charge in [0.05, 0.1) is 11.9 Å². The number of fused-ring (bicyclic) bond motifs is 1. The molecule has 0 aliphatic carbocycles. The van der Waals surface area contributed by atoms with E-state index in [1.165, 1.54) is 12.8 Å². The predicted octanol–water partition coefficient (Wildman–Crippen LogP) is 1.47. The van der Waals surface area contributed by atoms with Crippen LogP contribution in [0.15, 0.2) is 18.7 Å². The van der Waals surface area contributed by atoms with Crippen molar-refractivity contribution in [1.29, 1.82) is 0 Å². The summed E-state index contributed by atoms with van der Waals surface area (Å²) in [6.07, 6.45) is 8.86. The maximum Gasteiger partial charge on any atom is 0.179 e. The summed E-state index contributed by atoms with van der Waals surface area (Å²) in [6, 6.07) is 0. The van der Waals surface area contributed by atoms with E-state index >= 15 is 0 Å². The molecular weight excluding hydrogens is 164 g/mol. The summed E-state index contributed by atoms with van der Waals surface area (Å²) in [5, 5.41) is 7.69. The molecule has 0 saturated heterocycles. The maximum absolute atomic E-state index is 4.29. The van der Waals surface area contributed by atoms with Crippen LogP contribution in [0.4, 0.5) is 0 Å². The monoisotopic (exact) mass is 176 g/mol. The zero-order valence-electron chi connectivity index (χ0n) is 7.64. The highest BCUT2D eigenvalue weighted by atomic mass is 15.2. The quantitative estimate of drug-likeness (QED) is 0.711. The summed E-state index contributed by atoms with van der Waals surface area (Å²) in [5.41, 5.74) is 1.91. The van der Waals surface area contributed by atoms with Gasteiger partial charge in [0, 0.05) is 6.20 Å². The number of aryl methyl sites for hydroxylation is 1. The number of hydrogen-bond donors (Lipinski definition) is 0. The van der Waals surface area contributed by atoms with Crippen LogP contribution in [0.25, 0.3) is 5.65 Å². The molecule has 0 saturated carbocycles. The Balaban J connectivity index is 2.26. The lowest BCUT2D eigenvalue weighted by Gasteiger charge is -1.98. The van der Waals surface area contributed by atoms with Crippen LogP contribution in [-0.4, -0.2) is 19.6 Å². The number of unbranched alkanes of at least 4 members (excludes halogenated alkanes) is 1. The highest BCUT2D eigenvalue weighted by Crippen LogP contribution is 2.03. The highest BCUT2D eigenvalue weighted by Gasteiger charge is 1.97. The van der Waals surface area contributed by atoms with Crippen molar-refractivity contribution in [3.05, 3.63) is 24.4 Å². The van der Waals surface area contributed by atoms with E-state index in [0.717, 1.165) is 17.8 Å². The SMILES string of the molecule is CCCCc1cn2cnnc2cn1. The van der Waals surface area contributed by atoms with E-state index in [9.17, 15) is 0 Å². The Hall–Kier alpha value is -1.45. The Morgan fingerprint density at radius 3 is 3.23 bits per heavy atom. The molecule has 0 aliphatic rings. The van der Waals surface area contributed by atoms with Crippen LogP contribution in [-0.2, 0) is 6.42 Å². The second-order valence-corrected chi connectivity index (χ2v) is 3.08. The number of hydrogen-bond acceptors (Lipinski definition) is 3. The van der Waals surface area contributed by atoms with Crippen LogP contribution in [0, 0.1) is 0 Å². The van der Waals surface area contributed by atoms with Gasteiger partial charge in [-0.15, -0.1) is 10.2 Å². The van der Waals surface area contributed by atoms with Crippen LogP contribution in [0.5, 0.6) is 0 Å². The fourth-order valence-corrected chi connectivity index (χ4v) is 1.26. The van der Waals surface area contributed by atoms with Crippen molar-refractivity contribution in [1.82, 2.24) is 19.6 Å². The third-order valence-electron chi connectivity index (χ3n) is 2.02. The van der Waals surface area contributed by atoms with E-state index in [4.69, 9.17) is 0 Å². The molecule has 0 atom stereocenters. The molecule has 0 fully saturated rings. The van der Waals surface area contributed by atoms with E-state index in [1.54, 1.807) is 12.5 Å². The summed E-state index contributed by atoms with van der Waals surface area (Å²) < 4.78 is 1.90. The normalized spacial score (nSPS) is 10.8. The summed E-state index contributed by atoms with van der Waals surface area (Å²) in [6.45, 7) is 2.18. The second kappa shape index (κ2) is 3.51. The van der Waals surface area contributed by atoms with Gasteiger partial charge in [0.25, 0.3) is 0 Å². The standard InChI is InChI=1S/C9H12N4/c1-2-3-4-8-6-13-7-11-12-9(13)5-10-8/h5-7H,2-4H2,1H3. The summed E-state index contributed by atoms with van der Waals surface area (Å²) in [4.78, 5) is 4.29. The minimum absolute atomic E-state index is 0.806. The smallest absolute Gasteiger partial charge is 0.179 e. The van der Waals surface area contributed by atoms with Gasteiger partial charge in [0.15, 0.2) is 5.65 Å². The minimum atomic E-state index is 0.806. The van der Waals surface area contributed by atoms with E-state index in [0.29, 0.717) is 0 Å². The molecule has 2 heterocycles. The first-order valence-corrected chi connectivity index (χ1v) is 4.54. The van der Waals surface area contributed by atoms with Crippen molar-refractivity contribution >= 4 is 5.65 Å². The van der Waals surface area contributed by atoms with Crippen LogP contribution in [0.1, 0.15) is 25.5 Å². The molecular formula is C9H12N4. The number of aromatic nitrogens is 4. The molecule has 2 rings (SSSR count). The predicted molar refractivity (Wildman–Crippen MR) is 49.4 cm³/mol. The van der Waals surface area contributed by atoms with Gasteiger partial charge in [-0.2, -0.15) is 0 Å². The van der Waals surface area contributed by atoms with Crippen molar-refractivity contribution in [2.75, 3.05) is 0 Å². The van der Waals surface area contributed by atoms with Gasteiger partial charge < -0.3 is 0 Å². The fourth-order valence-electron chi connectivity index (χ4n) is 1.26. The van der Waals surface area contributed by atoms with E-state index in [2.05, 4.69) is 22.1 Å². The number of rotatable bonds is 3. The lowest BCUT2D eigenvalue weighted by Crippen LogP contribution is -1.93. The first kappa shape index (κ1) is 8.16. The van der Waals surface area contributed by atoms with Crippen molar-refractivity contribution in [3.8, 4) is 0 Å². The number of nitrogens with zero attached hydrogens (tertiary/aromatic N) is 4. The van der Waals surface area contributed by atoms with Crippen LogP contribution >= 0.6 is 0 Å². The zero-order chi connectivity index (χ0) is 9.10. The molecule has 0 spiro atoms. The zero-order valence-corrected chi connectivity index (χ0v) is 7.64. The van der Waals surface area contributed by atoms with Crippen molar-refractivity contribution in [3.63, 3.8) is 0 Å². The van der Waals surface area contributed by atoms with Gasteiger partial charge >= 0.3 is 0 Å². The average Bonchev–Trinajstić information content (AvgIpc) is 2.61. The summed E-state index contributed by atoms with van der Waals surface area (Å²) >= 11 is 0. The molecule has 0 amide bonds. The summed E-state index contributed by atoms with van der Waals surface area (Å²) in [7, 11) is 0. The van der Waals surface area contributed by atoms with Crippen LogP contribution in [0.3, 0.4) is 0 Å². The van der Waals surface area contributed by atoms with Gasteiger partial charge in [0.2, 0.25) is 0 Å². The fraction of sp³-hybridized carbons (Fsp3) is 0.444. The first-order chi connectivity index (χ1) is 6.40. The Kier molecular flexibility index (Phi) is 2.21. The third kappa shape index (κ3) is 1.66. The van der Waals surface area contributed by atoms with Crippen LogP contribution in [0.2, 0.25) is 0 Å². The molecule has 2 aromatic heterocycles. The molecule has 0 radical (unpaired) electrons. The topological polar surface area (TPSA) is 43.1 Å². The Morgan fingerprint density at radius 2 is 2.38 bits per heavy atom. The lowest BCUT2D eigenvalue weighted by atomic mass is 10.2. The molecule has 68 valence electrons. The molecule has 0 bridgehead atoms. The molecule has 0 unspecified atom stereocenters.